The topological polar surface area (TPSA) is 94.2 Å². The molecule has 10 heteroatoms. The van der Waals surface area contributed by atoms with E-state index in [1.54, 1.807) is 13.0 Å². The van der Waals surface area contributed by atoms with Gasteiger partial charge in [0.1, 0.15) is 22.2 Å². The highest BCUT2D eigenvalue weighted by molar-refractivity contribution is 7.89. The number of carbonyl (C=O) groups excluding carboxylic acids is 1. The van der Waals surface area contributed by atoms with Gasteiger partial charge in [0.05, 0.1) is 20.3 Å². The van der Waals surface area contributed by atoms with E-state index in [1.807, 2.05) is 0 Å². The van der Waals surface area contributed by atoms with Gasteiger partial charge in [-0.05, 0) is 48.9 Å². The van der Waals surface area contributed by atoms with E-state index in [4.69, 9.17) is 14.2 Å². The smallest absolute Gasteiger partial charge is 0.265 e. The van der Waals surface area contributed by atoms with Gasteiger partial charge in [0.25, 0.3) is 5.91 Å². The molecule has 0 saturated carbocycles. The van der Waals surface area contributed by atoms with E-state index < -0.39 is 27.9 Å². The number of anilines is 1. The quantitative estimate of drug-likeness (QED) is 0.662. The zero-order chi connectivity index (χ0) is 22.4. The first kappa shape index (κ1) is 23.0. The second-order valence-corrected chi connectivity index (χ2v) is 8.75. The van der Waals surface area contributed by atoms with Crippen molar-refractivity contribution in [3.05, 3.63) is 48.3 Å². The predicted octanol–water partition coefficient (Wildman–Crippen LogP) is 2.65. The molecule has 1 fully saturated rings. The predicted molar refractivity (Wildman–Crippen MR) is 112 cm³/mol. The van der Waals surface area contributed by atoms with Crippen LogP contribution < -0.4 is 14.8 Å². The SMILES string of the molecule is CC[C@@H](Oc1ccc(F)cc1)C(=O)Nc1ccc(OC)c(S(=O)(=O)N2CCOCC2)c1. The number of nitrogens with one attached hydrogen (secondary N) is 1. The summed E-state index contributed by atoms with van der Waals surface area (Å²) in [7, 11) is -2.45. The summed E-state index contributed by atoms with van der Waals surface area (Å²) in [5, 5.41) is 2.69. The minimum absolute atomic E-state index is 0.0396. The standard InChI is InChI=1S/C21H25FN2O6S/c1-3-18(30-17-7-4-15(22)5-8-17)21(25)23-16-6-9-19(28-2)20(14-16)31(26,27)24-10-12-29-13-11-24/h4-9,14,18H,3,10-13H2,1-2H3,(H,23,25)/t18-/m1/s1. The number of halogens is 1. The Morgan fingerprint density at radius 3 is 2.48 bits per heavy atom. The molecule has 0 aromatic heterocycles. The van der Waals surface area contributed by atoms with Gasteiger partial charge in [0.2, 0.25) is 10.0 Å². The second kappa shape index (κ2) is 10.1. The Kier molecular flexibility index (Phi) is 7.47. The number of rotatable bonds is 8. The lowest BCUT2D eigenvalue weighted by molar-refractivity contribution is -0.122. The Balaban J connectivity index is 1.79. The van der Waals surface area contributed by atoms with Crippen LogP contribution in [0.5, 0.6) is 11.5 Å². The van der Waals surface area contributed by atoms with Gasteiger partial charge in [-0.3, -0.25) is 4.79 Å². The monoisotopic (exact) mass is 452 g/mol. The van der Waals surface area contributed by atoms with E-state index in [0.29, 0.717) is 31.1 Å². The molecule has 1 saturated heterocycles. The molecule has 0 radical (unpaired) electrons. The van der Waals surface area contributed by atoms with Gasteiger partial charge in [0.15, 0.2) is 6.10 Å². The second-order valence-electron chi connectivity index (χ2n) is 6.84. The Labute approximate surface area is 181 Å². The minimum Gasteiger partial charge on any atom is -0.495 e. The molecule has 31 heavy (non-hydrogen) atoms. The van der Waals surface area contributed by atoms with Crippen molar-refractivity contribution in [1.82, 2.24) is 4.31 Å². The highest BCUT2D eigenvalue weighted by Crippen LogP contribution is 2.30. The number of hydrogen-bond acceptors (Lipinski definition) is 6. The number of methoxy groups -OCH3 is 1. The maximum absolute atomic E-state index is 13.1. The van der Waals surface area contributed by atoms with Crippen molar-refractivity contribution in [1.29, 1.82) is 0 Å². The largest absolute Gasteiger partial charge is 0.495 e. The number of amides is 1. The van der Waals surface area contributed by atoms with Gasteiger partial charge < -0.3 is 19.5 Å². The Morgan fingerprint density at radius 2 is 1.87 bits per heavy atom. The van der Waals surface area contributed by atoms with Crippen LogP contribution in [0.4, 0.5) is 10.1 Å². The van der Waals surface area contributed by atoms with Gasteiger partial charge in [-0.25, -0.2) is 12.8 Å². The van der Waals surface area contributed by atoms with Crippen molar-refractivity contribution in [2.24, 2.45) is 0 Å². The summed E-state index contributed by atoms with van der Waals surface area (Å²) in [5.74, 6) is -0.323. The highest BCUT2D eigenvalue weighted by atomic mass is 32.2. The van der Waals surface area contributed by atoms with E-state index in [-0.39, 0.29) is 23.7 Å². The third-order valence-corrected chi connectivity index (χ3v) is 6.69. The number of benzene rings is 2. The summed E-state index contributed by atoms with van der Waals surface area (Å²) in [6.45, 7) is 2.89. The van der Waals surface area contributed by atoms with Crippen LogP contribution in [0.25, 0.3) is 0 Å². The average Bonchev–Trinajstić information content (AvgIpc) is 2.79. The van der Waals surface area contributed by atoms with E-state index in [9.17, 15) is 17.6 Å². The number of sulfonamides is 1. The Bertz CT molecular complexity index is 1010. The fourth-order valence-corrected chi connectivity index (χ4v) is 4.69. The van der Waals surface area contributed by atoms with Gasteiger partial charge in [0, 0.05) is 18.8 Å². The summed E-state index contributed by atoms with van der Waals surface area (Å²) < 4.78 is 56.7. The fraction of sp³-hybridized carbons (Fsp3) is 0.381. The first-order valence-corrected chi connectivity index (χ1v) is 11.3. The van der Waals surface area contributed by atoms with Crippen molar-refractivity contribution in [3.63, 3.8) is 0 Å². The van der Waals surface area contributed by atoms with Crippen molar-refractivity contribution in [2.75, 3.05) is 38.7 Å². The maximum atomic E-state index is 13.1. The minimum atomic E-state index is -3.83. The molecule has 1 heterocycles. The van der Waals surface area contributed by atoms with Crippen LogP contribution in [0, 0.1) is 5.82 Å². The molecule has 1 atom stereocenters. The lowest BCUT2D eigenvalue weighted by Gasteiger charge is -2.27. The summed E-state index contributed by atoms with van der Waals surface area (Å²) in [6, 6.07) is 9.77. The number of nitrogens with zero attached hydrogens (tertiary/aromatic N) is 1. The summed E-state index contributed by atoms with van der Waals surface area (Å²) in [4.78, 5) is 12.7. The Hall–Kier alpha value is -2.69. The van der Waals surface area contributed by atoms with Crippen molar-refractivity contribution >= 4 is 21.6 Å². The molecule has 1 aliphatic rings. The number of morpholine rings is 1. The molecule has 0 bridgehead atoms. The van der Waals surface area contributed by atoms with Crippen LogP contribution in [0.15, 0.2) is 47.4 Å². The average molecular weight is 453 g/mol. The molecule has 0 unspecified atom stereocenters. The Morgan fingerprint density at radius 1 is 1.19 bits per heavy atom. The zero-order valence-electron chi connectivity index (χ0n) is 17.3. The van der Waals surface area contributed by atoms with Crippen molar-refractivity contribution < 1.29 is 31.8 Å². The molecule has 1 aliphatic heterocycles. The van der Waals surface area contributed by atoms with Gasteiger partial charge >= 0.3 is 0 Å². The molecule has 1 amide bonds. The lowest BCUT2D eigenvalue weighted by atomic mass is 10.2. The summed E-state index contributed by atoms with van der Waals surface area (Å²) >= 11 is 0. The lowest BCUT2D eigenvalue weighted by Crippen LogP contribution is -2.40. The molecule has 0 spiro atoms. The van der Waals surface area contributed by atoms with E-state index in [0.717, 1.165) is 0 Å². The third-order valence-electron chi connectivity index (χ3n) is 4.77. The summed E-state index contributed by atoms with van der Waals surface area (Å²) in [5.41, 5.74) is 0.291. The zero-order valence-corrected chi connectivity index (χ0v) is 18.2. The van der Waals surface area contributed by atoms with Crippen LogP contribution in [0.1, 0.15) is 13.3 Å². The van der Waals surface area contributed by atoms with Crippen molar-refractivity contribution in [3.8, 4) is 11.5 Å². The van der Waals surface area contributed by atoms with Crippen LogP contribution in [0.2, 0.25) is 0 Å². The normalized spacial score (nSPS) is 15.8. The molecule has 8 nitrogen and oxygen atoms in total. The molecule has 1 N–H and O–H groups in total. The van der Waals surface area contributed by atoms with Crippen LogP contribution in [-0.4, -0.2) is 58.1 Å². The fourth-order valence-electron chi connectivity index (χ4n) is 3.10. The van der Waals surface area contributed by atoms with E-state index >= 15 is 0 Å². The highest BCUT2D eigenvalue weighted by Gasteiger charge is 2.30. The van der Waals surface area contributed by atoms with Gasteiger partial charge in [-0.1, -0.05) is 6.92 Å². The molecule has 168 valence electrons. The molecule has 2 aromatic carbocycles. The van der Waals surface area contributed by atoms with Crippen molar-refractivity contribution in [2.45, 2.75) is 24.3 Å². The van der Waals surface area contributed by atoms with E-state index in [1.165, 1.54) is 47.8 Å². The molecule has 2 aromatic rings. The first-order valence-electron chi connectivity index (χ1n) is 9.84. The van der Waals surface area contributed by atoms with Gasteiger partial charge in [-0.2, -0.15) is 4.31 Å². The van der Waals surface area contributed by atoms with Crippen LogP contribution in [-0.2, 0) is 19.6 Å². The molecule has 3 rings (SSSR count). The third kappa shape index (κ3) is 5.52. The van der Waals surface area contributed by atoms with E-state index in [2.05, 4.69) is 5.32 Å². The maximum Gasteiger partial charge on any atom is 0.265 e. The number of hydrogen-bond donors (Lipinski definition) is 1. The molecular formula is C21H25FN2O6S. The number of carbonyl (C=O) groups is 1. The van der Waals surface area contributed by atoms with Gasteiger partial charge in [-0.15, -0.1) is 0 Å². The van der Waals surface area contributed by atoms with Crippen LogP contribution >= 0.6 is 0 Å². The van der Waals surface area contributed by atoms with Crippen LogP contribution in [0.3, 0.4) is 0 Å². The number of ether oxygens (including phenoxy) is 3. The molecule has 0 aliphatic carbocycles. The first-order chi connectivity index (χ1) is 14.8. The summed E-state index contributed by atoms with van der Waals surface area (Å²) in [6.07, 6.45) is -0.481. The molecular weight excluding hydrogens is 427 g/mol.